The Balaban J connectivity index is 1.74. The molecule has 2 heterocycles. The number of carbonyl (C=O) groups is 1. The highest BCUT2D eigenvalue weighted by atomic mass is 16.5. The lowest BCUT2D eigenvalue weighted by Gasteiger charge is -2.18. The van der Waals surface area contributed by atoms with E-state index in [0.717, 1.165) is 17.7 Å². The molecule has 3 aromatic rings. The predicted molar refractivity (Wildman–Crippen MR) is 96.9 cm³/mol. The minimum Gasteiger partial charge on any atom is -0.497 e. The van der Waals surface area contributed by atoms with E-state index < -0.39 is 0 Å². The molecule has 0 bridgehead atoms. The molecule has 0 aliphatic carbocycles. The number of aromatic nitrogens is 4. The quantitative estimate of drug-likeness (QED) is 0.722. The Kier molecular flexibility index (Phi) is 5.01. The van der Waals surface area contributed by atoms with E-state index in [1.54, 1.807) is 14.2 Å². The van der Waals surface area contributed by atoms with Gasteiger partial charge in [-0.25, -0.2) is 4.98 Å². The molecule has 0 spiro atoms. The lowest BCUT2D eigenvalue weighted by molar-refractivity contribution is -0.122. The van der Waals surface area contributed by atoms with E-state index in [0.29, 0.717) is 11.0 Å². The average Bonchev–Trinajstić information content (AvgIpc) is 3.04. The molecule has 0 aliphatic rings. The molecule has 1 aromatic carbocycles. The van der Waals surface area contributed by atoms with E-state index in [1.807, 2.05) is 31.2 Å². The van der Waals surface area contributed by atoms with Crippen molar-refractivity contribution in [2.45, 2.75) is 25.9 Å². The monoisotopic (exact) mass is 355 g/mol. The van der Waals surface area contributed by atoms with Gasteiger partial charge in [0, 0.05) is 7.05 Å². The first kappa shape index (κ1) is 17.7. The summed E-state index contributed by atoms with van der Waals surface area (Å²) in [5, 5.41) is 7.38. The van der Waals surface area contributed by atoms with Gasteiger partial charge in [0.05, 0.1) is 19.3 Å². The highest BCUT2D eigenvalue weighted by molar-refractivity contribution is 5.77. The first-order valence-electron chi connectivity index (χ1n) is 8.34. The minimum absolute atomic E-state index is 0.0939. The van der Waals surface area contributed by atoms with Crippen molar-refractivity contribution in [2.24, 2.45) is 7.05 Å². The molecule has 2 aromatic heterocycles. The molecule has 1 N–H and O–H groups in total. The number of amides is 1. The number of fused-ring (bicyclic) bond motifs is 1. The highest BCUT2D eigenvalue weighted by Crippen LogP contribution is 2.20. The molecule has 8 nitrogen and oxygen atoms in total. The summed E-state index contributed by atoms with van der Waals surface area (Å²) in [6.07, 6.45) is 3.57. The second-order valence-corrected chi connectivity index (χ2v) is 5.98. The second-order valence-electron chi connectivity index (χ2n) is 5.98. The number of hydrogen-bond donors (Lipinski definition) is 1. The van der Waals surface area contributed by atoms with E-state index in [9.17, 15) is 9.59 Å². The number of methoxy groups -OCH3 is 1. The van der Waals surface area contributed by atoms with Gasteiger partial charge in [0.1, 0.15) is 24.0 Å². The summed E-state index contributed by atoms with van der Waals surface area (Å²) in [4.78, 5) is 29.1. The number of benzene rings is 1. The van der Waals surface area contributed by atoms with Gasteiger partial charge in [-0.2, -0.15) is 5.10 Å². The van der Waals surface area contributed by atoms with Crippen LogP contribution in [0.2, 0.25) is 0 Å². The summed E-state index contributed by atoms with van der Waals surface area (Å²) in [5.41, 5.74) is 1.20. The smallest absolute Gasteiger partial charge is 0.264 e. The van der Waals surface area contributed by atoms with Gasteiger partial charge in [-0.05, 0) is 24.1 Å². The maximum atomic E-state index is 12.4. The number of nitrogens with zero attached hydrogens (tertiary/aromatic N) is 4. The third-order valence-corrected chi connectivity index (χ3v) is 4.29. The van der Waals surface area contributed by atoms with E-state index in [1.165, 1.54) is 21.8 Å². The van der Waals surface area contributed by atoms with Gasteiger partial charge < -0.3 is 10.1 Å². The fraction of sp³-hybridized carbons (Fsp3) is 0.333. The highest BCUT2D eigenvalue weighted by Gasteiger charge is 2.15. The Hall–Kier alpha value is -3.16. The van der Waals surface area contributed by atoms with Gasteiger partial charge in [-0.3, -0.25) is 18.8 Å². The zero-order valence-electron chi connectivity index (χ0n) is 15.0. The Morgan fingerprint density at radius 2 is 2.04 bits per heavy atom. The zero-order valence-corrected chi connectivity index (χ0v) is 15.0. The number of hydrogen-bond acceptors (Lipinski definition) is 5. The lowest BCUT2D eigenvalue weighted by atomic mass is 10.0. The summed E-state index contributed by atoms with van der Waals surface area (Å²) in [6.45, 7) is 1.90. The van der Waals surface area contributed by atoms with Crippen LogP contribution in [-0.4, -0.2) is 32.3 Å². The van der Waals surface area contributed by atoms with E-state index in [4.69, 9.17) is 4.74 Å². The molecule has 1 amide bonds. The van der Waals surface area contributed by atoms with Crippen LogP contribution in [0.5, 0.6) is 5.75 Å². The third kappa shape index (κ3) is 3.44. The fourth-order valence-corrected chi connectivity index (χ4v) is 2.83. The topological polar surface area (TPSA) is 91.0 Å². The first-order chi connectivity index (χ1) is 12.5. The van der Waals surface area contributed by atoms with Crippen LogP contribution in [0.25, 0.3) is 11.0 Å². The molecule has 0 aliphatic heterocycles. The molecule has 0 saturated heterocycles. The van der Waals surface area contributed by atoms with Crippen LogP contribution < -0.4 is 15.6 Å². The Morgan fingerprint density at radius 1 is 1.31 bits per heavy atom. The minimum atomic E-state index is -0.282. The Bertz CT molecular complexity index is 975. The molecule has 0 fully saturated rings. The maximum absolute atomic E-state index is 12.4. The molecular weight excluding hydrogens is 334 g/mol. The Labute approximate surface area is 150 Å². The maximum Gasteiger partial charge on any atom is 0.264 e. The van der Waals surface area contributed by atoms with Gasteiger partial charge >= 0.3 is 0 Å². The number of carbonyl (C=O) groups excluding carboxylic acids is 1. The molecule has 3 rings (SSSR count). The number of nitrogens with one attached hydrogen (secondary N) is 1. The van der Waals surface area contributed by atoms with Crippen LogP contribution in [-0.2, 0) is 18.4 Å². The van der Waals surface area contributed by atoms with Crippen LogP contribution in [0.15, 0.2) is 41.6 Å². The standard InChI is InChI=1S/C18H21N5O3/c1-4-15(12-5-7-13(26-3)8-6-12)21-16(24)10-23-11-19-17-14(18(23)25)9-20-22(17)2/h5-9,11,15H,4,10H2,1-3H3,(H,21,24). The summed E-state index contributed by atoms with van der Waals surface area (Å²) in [6, 6.07) is 7.41. The van der Waals surface area contributed by atoms with Crippen molar-refractivity contribution >= 4 is 16.9 Å². The molecule has 0 saturated carbocycles. The molecule has 0 radical (unpaired) electrons. The molecule has 26 heavy (non-hydrogen) atoms. The zero-order chi connectivity index (χ0) is 18.7. The summed E-state index contributed by atoms with van der Waals surface area (Å²) in [5.74, 6) is 0.511. The SMILES string of the molecule is CCC(NC(=O)Cn1cnc2c(cnn2C)c1=O)c1ccc(OC)cc1. The van der Waals surface area contributed by atoms with Gasteiger partial charge in [0.25, 0.3) is 5.56 Å². The van der Waals surface area contributed by atoms with Gasteiger partial charge in [0.15, 0.2) is 5.65 Å². The van der Waals surface area contributed by atoms with Crippen LogP contribution in [0.1, 0.15) is 24.9 Å². The van der Waals surface area contributed by atoms with E-state index in [-0.39, 0.29) is 24.1 Å². The second kappa shape index (κ2) is 7.38. The number of aryl methyl sites for hydroxylation is 1. The van der Waals surface area contributed by atoms with Crippen molar-refractivity contribution in [1.82, 2.24) is 24.6 Å². The predicted octanol–water partition coefficient (Wildman–Crippen LogP) is 1.41. The average molecular weight is 355 g/mol. The van der Waals surface area contributed by atoms with Gasteiger partial charge in [0.2, 0.25) is 5.91 Å². The van der Waals surface area contributed by atoms with Crippen LogP contribution in [0.4, 0.5) is 0 Å². The normalized spacial score (nSPS) is 12.1. The van der Waals surface area contributed by atoms with Crippen LogP contribution >= 0.6 is 0 Å². The van der Waals surface area contributed by atoms with Crippen molar-refractivity contribution in [3.05, 3.63) is 52.7 Å². The molecule has 136 valence electrons. The lowest BCUT2D eigenvalue weighted by Crippen LogP contribution is -2.34. The first-order valence-corrected chi connectivity index (χ1v) is 8.34. The third-order valence-electron chi connectivity index (χ3n) is 4.29. The van der Waals surface area contributed by atoms with Crippen LogP contribution in [0, 0.1) is 0 Å². The number of rotatable bonds is 6. The van der Waals surface area contributed by atoms with E-state index in [2.05, 4.69) is 15.4 Å². The summed E-state index contributed by atoms with van der Waals surface area (Å²) >= 11 is 0. The van der Waals surface area contributed by atoms with Gasteiger partial charge in [-0.1, -0.05) is 19.1 Å². The fourth-order valence-electron chi connectivity index (χ4n) is 2.83. The summed E-state index contributed by atoms with van der Waals surface area (Å²) < 4.78 is 7.97. The summed E-state index contributed by atoms with van der Waals surface area (Å²) in [7, 11) is 3.32. The van der Waals surface area contributed by atoms with Crippen molar-refractivity contribution in [1.29, 1.82) is 0 Å². The van der Waals surface area contributed by atoms with Crippen molar-refractivity contribution in [3.8, 4) is 5.75 Å². The largest absolute Gasteiger partial charge is 0.497 e. The molecular formula is C18H21N5O3. The Morgan fingerprint density at radius 3 is 2.69 bits per heavy atom. The molecule has 8 heteroatoms. The van der Waals surface area contributed by atoms with Crippen molar-refractivity contribution in [2.75, 3.05) is 7.11 Å². The molecule has 1 unspecified atom stereocenters. The van der Waals surface area contributed by atoms with Crippen molar-refractivity contribution < 1.29 is 9.53 Å². The van der Waals surface area contributed by atoms with E-state index >= 15 is 0 Å². The van der Waals surface area contributed by atoms with Crippen LogP contribution in [0.3, 0.4) is 0 Å². The number of ether oxygens (including phenoxy) is 1. The molecule has 1 atom stereocenters. The van der Waals surface area contributed by atoms with Crippen molar-refractivity contribution in [3.63, 3.8) is 0 Å². The van der Waals surface area contributed by atoms with Gasteiger partial charge in [-0.15, -0.1) is 0 Å².